The average molecular weight is 255 g/mol. The first kappa shape index (κ1) is 11.4. The molecule has 0 amide bonds. The fraction of sp³-hybridized carbons (Fsp3) is 0.286. The number of hydrogen-bond acceptors (Lipinski definition) is 4. The van der Waals surface area contributed by atoms with Crippen LogP contribution in [0.15, 0.2) is 35.8 Å². The van der Waals surface area contributed by atoms with E-state index in [9.17, 15) is 5.26 Å². The third-order valence-corrected chi connectivity index (χ3v) is 4.16. The largest absolute Gasteiger partial charge is 0.278 e. The Morgan fingerprint density at radius 2 is 2.17 bits per heavy atom. The van der Waals surface area contributed by atoms with Crippen molar-refractivity contribution in [3.05, 3.63) is 52.0 Å². The van der Waals surface area contributed by atoms with Crippen molar-refractivity contribution < 1.29 is 0 Å². The van der Waals surface area contributed by atoms with Crippen LogP contribution in [0.3, 0.4) is 0 Å². The molecule has 90 valence electrons. The Kier molecular flexibility index (Phi) is 3.09. The Morgan fingerprint density at radius 3 is 2.89 bits per heavy atom. The molecule has 0 N–H and O–H groups in total. The van der Waals surface area contributed by atoms with Gasteiger partial charge in [-0.3, -0.25) is 4.90 Å². The first-order valence-electron chi connectivity index (χ1n) is 5.98. The van der Waals surface area contributed by atoms with E-state index in [4.69, 9.17) is 0 Å². The van der Waals surface area contributed by atoms with Crippen LogP contribution in [-0.2, 0) is 13.0 Å². The molecule has 2 aromatic rings. The van der Waals surface area contributed by atoms with Crippen LogP contribution < -0.4 is 0 Å². The lowest BCUT2D eigenvalue weighted by Gasteiger charge is -2.31. The van der Waals surface area contributed by atoms with Gasteiger partial charge in [0, 0.05) is 24.7 Å². The fourth-order valence-corrected chi connectivity index (χ4v) is 3.11. The topological polar surface area (TPSA) is 39.9 Å². The Balaban J connectivity index is 1.85. The van der Waals surface area contributed by atoms with Gasteiger partial charge < -0.3 is 0 Å². The first-order valence-corrected chi connectivity index (χ1v) is 6.86. The zero-order valence-electron chi connectivity index (χ0n) is 9.91. The number of thiazole rings is 1. The van der Waals surface area contributed by atoms with Gasteiger partial charge in [-0.15, -0.1) is 11.3 Å². The molecule has 0 bridgehead atoms. The van der Waals surface area contributed by atoms with Crippen LogP contribution in [0.25, 0.3) is 0 Å². The maximum atomic E-state index is 9.37. The highest BCUT2D eigenvalue weighted by atomic mass is 32.1. The number of nitriles is 1. The second kappa shape index (κ2) is 4.89. The van der Waals surface area contributed by atoms with Gasteiger partial charge in [0.1, 0.15) is 5.01 Å². The number of aromatic nitrogens is 1. The molecule has 1 atom stereocenters. The minimum atomic E-state index is -0.210. The minimum Gasteiger partial charge on any atom is -0.278 e. The molecule has 0 fully saturated rings. The summed E-state index contributed by atoms with van der Waals surface area (Å²) in [5.74, 6) is 0. The van der Waals surface area contributed by atoms with Crippen LogP contribution in [0.5, 0.6) is 0 Å². The molecule has 1 aliphatic rings. The van der Waals surface area contributed by atoms with Crippen LogP contribution >= 0.6 is 11.3 Å². The smallest absolute Gasteiger partial charge is 0.150 e. The standard InChI is InChI=1S/C14H13N3S/c15-9-13(14-16-6-8-18-14)17-7-5-11-3-1-2-4-12(11)10-17/h1-4,6,8,13H,5,7,10H2. The Hall–Kier alpha value is -1.70. The van der Waals surface area contributed by atoms with Crippen LogP contribution in [-0.4, -0.2) is 16.4 Å². The molecule has 0 aliphatic carbocycles. The normalized spacial score (nSPS) is 16.8. The van der Waals surface area contributed by atoms with E-state index in [0.29, 0.717) is 0 Å². The number of hydrogen-bond donors (Lipinski definition) is 0. The molecule has 0 saturated heterocycles. The molecule has 1 aromatic heterocycles. The van der Waals surface area contributed by atoms with Crippen molar-refractivity contribution in [3.8, 4) is 6.07 Å². The summed E-state index contributed by atoms with van der Waals surface area (Å²) < 4.78 is 0. The quantitative estimate of drug-likeness (QED) is 0.828. The van der Waals surface area contributed by atoms with Crippen molar-refractivity contribution in [1.29, 1.82) is 5.26 Å². The van der Waals surface area contributed by atoms with E-state index in [2.05, 4.69) is 40.2 Å². The van der Waals surface area contributed by atoms with Crippen molar-refractivity contribution in [3.63, 3.8) is 0 Å². The van der Waals surface area contributed by atoms with Gasteiger partial charge in [0.15, 0.2) is 6.04 Å². The van der Waals surface area contributed by atoms with E-state index in [-0.39, 0.29) is 6.04 Å². The zero-order valence-corrected chi connectivity index (χ0v) is 10.7. The summed E-state index contributed by atoms with van der Waals surface area (Å²) >= 11 is 1.56. The van der Waals surface area contributed by atoms with Crippen LogP contribution in [0, 0.1) is 11.3 Å². The van der Waals surface area contributed by atoms with E-state index < -0.39 is 0 Å². The highest BCUT2D eigenvalue weighted by molar-refractivity contribution is 7.09. The molecule has 3 nitrogen and oxygen atoms in total. The predicted molar refractivity (Wildman–Crippen MR) is 71.0 cm³/mol. The maximum absolute atomic E-state index is 9.37. The summed E-state index contributed by atoms with van der Waals surface area (Å²) in [5, 5.41) is 12.2. The van der Waals surface area contributed by atoms with E-state index in [0.717, 1.165) is 24.5 Å². The van der Waals surface area contributed by atoms with E-state index >= 15 is 0 Å². The van der Waals surface area contributed by atoms with Gasteiger partial charge in [-0.1, -0.05) is 24.3 Å². The molecule has 1 aromatic carbocycles. The number of rotatable bonds is 2. The molecule has 2 heterocycles. The molecule has 18 heavy (non-hydrogen) atoms. The third-order valence-electron chi connectivity index (χ3n) is 3.33. The van der Waals surface area contributed by atoms with Crippen LogP contribution in [0.4, 0.5) is 0 Å². The predicted octanol–water partition coefficient (Wildman–Crippen LogP) is 2.77. The third kappa shape index (κ3) is 2.03. The molecule has 3 rings (SSSR count). The molecule has 0 spiro atoms. The highest BCUT2D eigenvalue weighted by Gasteiger charge is 2.25. The number of nitrogens with zero attached hydrogens (tertiary/aromatic N) is 3. The average Bonchev–Trinajstić information content (AvgIpc) is 2.93. The van der Waals surface area contributed by atoms with Crippen LogP contribution in [0.1, 0.15) is 22.2 Å². The summed E-state index contributed by atoms with van der Waals surface area (Å²) in [6, 6.07) is 10.6. The maximum Gasteiger partial charge on any atom is 0.150 e. The van der Waals surface area contributed by atoms with Crippen molar-refractivity contribution in [2.45, 2.75) is 19.0 Å². The molecular formula is C14H13N3S. The first-order chi connectivity index (χ1) is 8.88. The lowest BCUT2D eigenvalue weighted by molar-refractivity contribution is 0.216. The SMILES string of the molecule is N#CC(c1nccs1)N1CCc2ccccc2C1. The summed E-state index contributed by atoms with van der Waals surface area (Å²) in [5.41, 5.74) is 2.74. The van der Waals surface area contributed by atoms with Crippen molar-refractivity contribution >= 4 is 11.3 Å². The molecule has 0 saturated carbocycles. The second-order valence-corrected chi connectivity index (χ2v) is 5.32. The molecule has 1 aliphatic heterocycles. The molecule has 1 unspecified atom stereocenters. The summed E-state index contributed by atoms with van der Waals surface area (Å²) in [4.78, 5) is 6.48. The Labute approximate surface area is 110 Å². The lowest BCUT2D eigenvalue weighted by atomic mass is 9.99. The van der Waals surface area contributed by atoms with Gasteiger partial charge in [-0.2, -0.15) is 5.26 Å². The zero-order chi connectivity index (χ0) is 12.4. The lowest BCUT2D eigenvalue weighted by Crippen LogP contribution is -2.33. The summed E-state index contributed by atoms with van der Waals surface area (Å²) in [6.07, 6.45) is 2.78. The summed E-state index contributed by atoms with van der Waals surface area (Å²) in [7, 11) is 0. The molecule has 4 heteroatoms. The monoisotopic (exact) mass is 255 g/mol. The van der Waals surface area contributed by atoms with E-state index in [1.54, 1.807) is 17.5 Å². The van der Waals surface area contributed by atoms with Gasteiger partial charge in [-0.05, 0) is 17.5 Å². The Bertz CT molecular complexity index is 571. The van der Waals surface area contributed by atoms with Crippen molar-refractivity contribution in [2.24, 2.45) is 0 Å². The fourth-order valence-electron chi connectivity index (χ4n) is 2.40. The number of fused-ring (bicyclic) bond motifs is 1. The van der Waals surface area contributed by atoms with Gasteiger partial charge in [0.25, 0.3) is 0 Å². The van der Waals surface area contributed by atoms with Gasteiger partial charge in [0.05, 0.1) is 6.07 Å². The number of benzene rings is 1. The summed E-state index contributed by atoms with van der Waals surface area (Å²) in [6.45, 7) is 1.77. The van der Waals surface area contributed by atoms with E-state index in [1.807, 2.05) is 5.38 Å². The second-order valence-electron chi connectivity index (χ2n) is 4.39. The highest BCUT2D eigenvalue weighted by Crippen LogP contribution is 2.28. The van der Waals surface area contributed by atoms with E-state index in [1.165, 1.54) is 11.1 Å². The van der Waals surface area contributed by atoms with Gasteiger partial charge in [-0.25, -0.2) is 4.98 Å². The van der Waals surface area contributed by atoms with Crippen molar-refractivity contribution in [1.82, 2.24) is 9.88 Å². The minimum absolute atomic E-state index is 0.210. The van der Waals surface area contributed by atoms with Gasteiger partial charge in [0.2, 0.25) is 0 Å². The van der Waals surface area contributed by atoms with Gasteiger partial charge >= 0.3 is 0 Å². The Morgan fingerprint density at radius 1 is 1.33 bits per heavy atom. The van der Waals surface area contributed by atoms with Crippen molar-refractivity contribution in [2.75, 3.05) is 6.54 Å². The van der Waals surface area contributed by atoms with Crippen LogP contribution in [0.2, 0.25) is 0 Å². The molecular weight excluding hydrogens is 242 g/mol. The molecule has 0 radical (unpaired) electrons.